The van der Waals surface area contributed by atoms with Crippen molar-refractivity contribution in [2.75, 3.05) is 4.90 Å². The predicted molar refractivity (Wildman–Crippen MR) is 86.8 cm³/mol. The van der Waals surface area contributed by atoms with E-state index < -0.39 is 17.2 Å². The molecular formula is C12H9BrCl2FN3OS. The standard InChI is InChI=1S/C12H9BrCl2FN3OS/c13-6-1-3-7(4-2-6)17-10(8-5-9(8)21)18(11(14)15)19(16)12(17)20/h1-4,8,10-11H,5H2. The van der Waals surface area contributed by atoms with E-state index in [1.54, 1.807) is 24.3 Å². The monoisotopic (exact) mass is 411 g/mol. The number of carbonyl (C=O) groups is 1. The summed E-state index contributed by atoms with van der Waals surface area (Å²) in [5, 5.41) is 0.954. The van der Waals surface area contributed by atoms with Gasteiger partial charge in [0.1, 0.15) is 6.17 Å². The number of anilines is 1. The molecule has 9 heteroatoms. The van der Waals surface area contributed by atoms with Crippen molar-refractivity contribution in [1.29, 1.82) is 0 Å². The Morgan fingerprint density at radius 2 is 1.90 bits per heavy atom. The lowest BCUT2D eigenvalue weighted by Crippen LogP contribution is -2.45. The molecule has 0 spiro atoms. The van der Waals surface area contributed by atoms with Crippen LogP contribution in [0.3, 0.4) is 0 Å². The van der Waals surface area contributed by atoms with Crippen molar-refractivity contribution in [3.05, 3.63) is 28.7 Å². The van der Waals surface area contributed by atoms with Crippen molar-refractivity contribution in [2.24, 2.45) is 5.92 Å². The van der Waals surface area contributed by atoms with E-state index in [1.807, 2.05) is 0 Å². The van der Waals surface area contributed by atoms with Gasteiger partial charge in [0.15, 0.2) is 4.96 Å². The van der Waals surface area contributed by atoms with E-state index in [9.17, 15) is 9.28 Å². The Morgan fingerprint density at radius 3 is 2.38 bits per heavy atom. The molecule has 0 N–H and O–H groups in total. The molecule has 1 aliphatic heterocycles. The number of carbonyl (C=O) groups excluding carboxylic acids is 1. The van der Waals surface area contributed by atoms with Crippen LogP contribution in [0.2, 0.25) is 0 Å². The van der Waals surface area contributed by atoms with Gasteiger partial charge in [0.05, 0.1) is 0 Å². The molecule has 2 fully saturated rings. The number of alkyl halides is 2. The molecule has 1 aromatic rings. The minimum absolute atomic E-state index is 0.0433. The molecule has 1 saturated heterocycles. The third kappa shape index (κ3) is 2.66. The number of halogens is 4. The first-order chi connectivity index (χ1) is 9.91. The number of hydrazine groups is 1. The molecular weight excluding hydrogens is 404 g/mol. The lowest BCUT2D eigenvalue weighted by molar-refractivity contribution is -0.113. The molecule has 1 aromatic carbocycles. The van der Waals surface area contributed by atoms with E-state index in [4.69, 9.17) is 35.4 Å². The molecule has 21 heavy (non-hydrogen) atoms. The third-order valence-corrected chi connectivity index (χ3v) is 4.84. The average Bonchev–Trinajstić information content (AvgIpc) is 3.09. The number of benzene rings is 1. The van der Waals surface area contributed by atoms with Crippen LogP contribution in [0.15, 0.2) is 28.7 Å². The largest absolute Gasteiger partial charge is 0.369 e. The summed E-state index contributed by atoms with van der Waals surface area (Å²) < 4.78 is 15.0. The molecule has 3 rings (SSSR count). The van der Waals surface area contributed by atoms with E-state index in [1.165, 1.54) is 4.90 Å². The Morgan fingerprint density at radius 1 is 1.33 bits per heavy atom. The first-order valence-corrected chi connectivity index (χ1v) is 8.13. The summed E-state index contributed by atoms with van der Waals surface area (Å²) >= 11 is 20.1. The van der Waals surface area contributed by atoms with Crippen LogP contribution in [0, 0.1) is 5.92 Å². The van der Waals surface area contributed by atoms with Crippen LogP contribution in [0.4, 0.5) is 15.0 Å². The Labute approximate surface area is 144 Å². The fourth-order valence-corrected chi connectivity index (χ4v) is 3.32. The van der Waals surface area contributed by atoms with Gasteiger partial charge in [0.2, 0.25) is 0 Å². The van der Waals surface area contributed by atoms with Crippen LogP contribution >= 0.6 is 51.3 Å². The number of thiocarbonyl (C=S) groups is 1. The van der Waals surface area contributed by atoms with Gasteiger partial charge in [-0.3, -0.25) is 4.90 Å². The zero-order valence-electron chi connectivity index (χ0n) is 10.4. The number of amides is 2. The Balaban J connectivity index is 2.01. The van der Waals surface area contributed by atoms with Gasteiger partial charge in [0.25, 0.3) is 0 Å². The summed E-state index contributed by atoms with van der Waals surface area (Å²) in [6.07, 6.45) is 0.00156. The molecule has 2 unspecified atom stereocenters. The topological polar surface area (TPSA) is 26.8 Å². The number of hydrogen-bond donors (Lipinski definition) is 0. The van der Waals surface area contributed by atoms with Gasteiger partial charge < -0.3 is 0 Å². The molecule has 2 aliphatic rings. The zero-order chi connectivity index (χ0) is 15.3. The highest BCUT2D eigenvalue weighted by Crippen LogP contribution is 2.43. The van der Waals surface area contributed by atoms with Crippen molar-refractivity contribution in [3.63, 3.8) is 0 Å². The second-order valence-electron chi connectivity index (χ2n) is 4.74. The minimum Gasteiger partial charge on any atom is -0.272 e. The van der Waals surface area contributed by atoms with Gasteiger partial charge in [-0.1, -0.05) is 61.1 Å². The van der Waals surface area contributed by atoms with Crippen LogP contribution in [0.5, 0.6) is 0 Å². The maximum absolute atomic E-state index is 14.2. The molecule has 0 radical (unpaired) electrons. The molecule has 2 amide bonds. The van der Waals surface area contributed by atoms with Crippen LogP contribution in [-0.2, 0) is 0 Å². The van der Waals surface area contributed by atoms with E-state index in [0.717, 1.165) is 14.3 Å². The number of urea groups is 1. The van der Waals surface area contributed by atoms with Crippen molar-refractivity contribution in [3.8, 4) is 0 Å². The number of hydrogen-bond acceptors (Lipinski definition) is 3. The SMILES string of the molecule is O=C1N(c2ccc(Br)cc2)C(C2CC2=S)N(C(Cl)Cl)N1F. The van der Waals surface area contributed by atoms with Gasteiger partial charge in [-0.2, -0.15) is 0 Å². The van der Waals surface area contributed by atoms with Crippen molar-refractivity contribution >= 4 is 67.9 Å². The first kappa shape index (κ1) is 15.4. The lowest BCUT2D eigenvalue weighted by Gasteiger charge is -2.28. The molecule has 0 aromatic heterocycles. The predicted octanol–water partition coefficient (Wildman–Crippen LogP) is 4.27. The highest BCUT2D eigenvalue weighted by Gasteiger charge is 2.56. The maximum Gasteiger partial charge on any atom is 0.369 e. The second-order valence-corrected chi connectivity index (χ2v) is 7.23. The summed E-state index contributed by atoms with van der Waals surface area (Å²) in [4.78, 5) is 13.1. The maximum atomic E-state index is 14.2. The molecule has 4 nitrogen and oxygen atoms in total. The first-order valence-electron chi connectivity index (χ1n) is 6.05. The third-order valence-electron chi connectivity index (χ3n) is 3.44. The molecule has 112 valence electrons. The number of nitrogens with zero attached hydrogens (tertiary/aromatic N) is 3. The zero-order valence-corrected chi connectivity index (χ0v) is 14.3. The fraction of sp³-hybridized carbons (Fsp3) is 0.333. The van der Waals surface area contributed by atoms with Crippen molar-refractivity contribution in [2.45, 2.75) is 17.5 Å². The normalized spacial score (nSPS) is 26.1. The smallest absolute Gasteiger partial charge is 0.272 e. The summed E-state index contributed by atoms with van der Waals surface area (Å²) in [6.45, 7) is 0. The van der Waals surface area contributed by atoms with E-state index in [-0.39, 0.29) is 11.1 Å². The van der Waals surface area contributed by atoms with E-state index in [0.29, 0.717) is 12.1 Å². The van der Waals surface area contributed by atoms with Crippen LogP contribution in [0.25, 0.3) is 0 Å². The average molecular weight is 413 g/mol. The molecule has 0 bridgehead atoms. The van der Waals surface area contributed by atoms with Crippen LogP contribution in [0.1, 0.15) is 6.42 Å². The Kier molecular flexibility index (Phi) is 4.13. The second kappa shape index (κ2) is 5.62. The van der Waals surface area contributed by atoms with Gasteiger partial charge in [0, 0.05) is 20.9 Å². The van der Waals surface area contributed by atoms with E-state index in [2.05, 4.69) is 15.9 Å². The summed E-state index contributed by atoms with van der Waals surface area (Å²) in [5.41, 5.74) is 0.557. The van der Waals surface area contributed by atoms with E-state index >= 15 is 0 Å². The molecule has 2 atom stereocenters. The molecule has 1 heterocycles. The van der Waals surface area contributed by atoms with Gasteiger partial charge in [-0.05, 0) is 30.7 Å². The lowest BCUT2D eigenvalue weighted by atomic mass is 10.2. The summed E-state index contributed by atoms with van der Waals surface area (Å²) in [6, 6.07) is 6.15. The highest BCUT2D eigenvalue weighted by atomic mass is 79.9. The quantitative estimate of drug-likeness (QED) is 0.321. The highest BCUT2D eigenvalue weighted by molar-refractivity contribution is 9.10. The van der Waals surface area contributed by atoms with Gasteiger partial charge in [-0.15, -0.1) is 5.01 Å². The summed E-state index contributed by atoms with van der Waals surface area (Å²) in [5.74, 6) is -0.117. The van der Waals surface area contributed by atoms with Crippen molar-refractivity contribution < 1.29 is 9.28 Å². The Hall–Kier alpha value is -0.470. The number of rotatable bonds is 3. The Bertz CT molecular complexity index is 603. The summed E-state index contributed by atoms with van der Waals surface area (Å²) in [7, 11) is 0. The van der Waals surface area contributed by atoms with Crippen molar-refractivity contribution in [1.82, 2.24) is 10.2 Å². The molecule has 1 saturated carbocycles. The van der Waals surface area contributed by atoms with Crippen LogP contribution < -0.4 is 4.90 Å². The fourth-order valence-electron chi connectivity index (χ4n) is 2.37. The minimum atomic E-state index is -1.19. The van der Waals surface area contributed by atoms with Crippen LogP contribution in [-0.4, -0.2) is 32.3 Å². The molecule has 1 aliphatic carbocycles. The van der Waals surface area contributed by atoms with Gasteiger partial charge in [-0.25, -0.2) is 4.79 Å². The van der Waals surface area contributed by atoms with Gasteiger partial charge >= 0.3 is 6.03 Å².